The van der Waals surface area contributed by atoms with Crippen molar-refractivity contribution in [2.45, 2.75) is 26.3 Å². The van der Waals surface area contributed by atoms with Crippen LogP contribution in [0.3, 0.4) is 0 Å². The highest BCUT2D eigenvalue weighted by Crippen LogP contribution is 2.34. The maximum absolute atomic E-state index is 13.6. The number of nitrogens with zero attached hydrogens (tertiary/aromatic N) is 1. The minimum atomic E-state index is -0.770. The quantitative estimate of drug-likeness (QED) is 0.671. The Hall–Kier alpha value is -3.60. The van der Waals surface area contributed by atoms with Crippen LogP contribution in [0.2, 0.25) is 0 Å². The fourth-order valence-electron chi connectivity index (χ4n) is 4.01. The lowest BCUT2D eigenvalue weighted by Crippen LogP contribution is -2.43. The average Bonchev–Trinajstić information content (AvgIpc) is 2.92. The number of carbonyl (C=O) groups is 2. The van der Waals surface area contributed by atoms with E-state index >= 15 is 0 Å². The van der Waals surface area contributed by atoms with Gasteiger partial charge in [0.1, 0.15) is 11.8 Å². The summed E-state index contributed by atoms with van der Waals surface area (Å²) in [5.74, 6) is 0.130. The second-order valence-electron chi connectivity index (χ2n) is 7.81. The molecule has 0 fully saturated rings. The van der Waals surface area contributed by atoms with Crippen molar-refractivity contribution in [2.24, 2.45) is 0 Å². The SMILES string of the molecule is Cc1cccc(C)c1NC(=O)C1c2ccccc2OCC(=O)N1CCc1ccccc1. The molecule has 3 aromatic carbocycles. The average molecular weight is 415 g/mol. The van der Waals surface area contributed by atoms with Gasteiger partial charge in [-0.25, -0.2) is 0 Å². The standard InChI is InChI=1S/C26H26N2O3/c1-18-9-8-10-19(2)24(18)27-26(30)25-21-13-6-7-14-22(21)31-17-23(29)28(25)16-15-20-11-4-3-5-12-20/h3-14,25H,15-17H2,1-2H3,(H,27,30). The molecule has 0 spiro atoms. The van der Waals surface area contributed by atoms with Crippen molar-refractivity contribution < 1.29 is 14.3 Å². The van der Waals surface area contributed by atoms with Gasteiger partial charge in [-0.15, -0.1) is 0 Å². The van der Waals surface area contributed by atoms with E-state index in [1.807, 2.05) is 86.6 Å². The van der Waals surface area contributed by atoms with E-state index in [0.29, 0.717) is 24.3 Å². The molecule has 158 valence electrons. The molecule has 0 saturated carbocycles. The normalized spacial score (nSPS) is 15.6. The minimum Gasteiger partial charge on any atom is -0.483 e. The van der Waals surface area contributed by atoms with Crippen LogP contribution in [0.5, 0.6) is 5.75 Å². The maximum Gasteiger partial charge on any atom is 0.261 e. The van der Waals surface area contributed by atoms with Crippen molar-refractivity contribution in [3.63, 3.8) is 0 Å². The molecule has 1 aliphatic heterocycles. The first-order valence-corrected chi connectivity index (χ1v) is 10.5. The summed E-state index contributed by atoms with van der Waals surface area (Å²) in [6.07, 6.45) is 0.655. The number of nitrogens with one attached hydrogen (secondary N) is 1. The highest BCUT2D eigenvalue weighted by Gasteiger charge is 2.36. The van der Waals surface area contributed by atoms with E-state index in [-0.39, 0.29) is 18.4 Å². The Morgan fingerprint density at radius 3 is 2.39 bits per heavy atom. The van der Waals surface area contributed by atoms with Crippen molar-refractivity contribution in [3.05, 3.63) is 95.1 Å². The molecule has 2 amide bonds. The molecule has 1 unspecified atom stereocenters. The number of carbonyl (C=O) groups excluding carboxylic acids is 2. The topological polar surface area (TPSA) is 58.6 Å². The maximum atomic E-state index is 13.6. The molecule has 5 heteroatoms. The summed E-state index contributed by atoms with van der Waals surface area (Å²) in [5.41, 5.74) is 4.56. The fourth-order valence-corrected chi connectivity index (χ4v) is 4.01. The first-order valence-electron chi connectivity index (χ1n) is 10.5. The van der Waals surface area contributed by atoms with Crippen LogP contribution in [0.15, 0.2) is 72.8 Å². The molecule has 5 nitrogen and oxygen atoms in total. The summed E-state index contributed by atoms with van der Waals surface area (Å²) in [6, 6.07) is 22.5. The van der Waals surface area contributed by atoms with Crippen LogP contribution < -0.4 is 10.1 Å². The number of benzene rings is 3. The largest absolute Gasteiger partial charge is 0.483 e. The summed E-state index contributed by atoms with van der Waals surface area (Å²) < 4.78 is 5.75. The van der Waals surface area contributed by atoms with E-state index in [9.17, 15) is 9.59 Å². The second-order valence-corrected chi connectivity index (χ2v) is 7.81. The zero-order valence-electron chi connectivity index (χ0n) is 17.8. The van der Waals surface area contributed by atoms with E-state index in [1.165, 1.54) is 0 Å². The lowest BCUT2D eigenvalue weighted by molar-refractivity contribution is -0.139. The molecule has 3 aromatic rings. The highest BCUT2D eigenvalue weighted by atomic mass is 16.5. The van der Waals surface area contributed by atoms with Gasteiger partial charge < -0.3 is 15.0 Å². The van der Waals surface area contributed by atoms with Crippen LogP contribution >= 0.6 is 0 Å². The molecule has 1 heterocycles. The van der Waals surface area contributed by atoms with E-state index in [1.54, 1.807) is 4.90 Å². The summed E-state index contributed by atoms with van der Waals surface area (Å²) in [5, 5.41) is 3.08. The number of hydrogen-bond donors (Lipinski definition) is 1. The van der Waals surface area contributed by atoms with Gasteiger partial charge in [0.2, 0.25) is 0 Å². The van der Waals surface area contributed by atoms with Gasteiger partial charge in [0.25, 0.3) is 11.8 Å². The summed E-state index contributed by atoms with van der Waals surface area (Å²) in [7, 11) is 0. The smallest absolute Gasteiger partial charge is 0.261 e. The Balaban J connectivity index is 1.69. The van der Waals surface area contributed by atoms with Crippen LogP contribution in [0.25, 0.3) is 0 Å². The van der Waals surface area contributed by atoms with Crippen molar-refractivity contribution >= 4 is 17.5 Å². The minimum absolute atomic E-state index is 0.0843. The van der Waals surface area contributed by atoms with Crippen LogP contribution in [0.1, 0.15) is 28.3 Å². The molecule has 1 N–H and O–H groups in total. The molecule has 0 bridgehead atoms. The Morgan fingerprint density at radius 2 is 1.65 bits per heavy atom. The first-order chi connectivity index (χ1) is 15.0. The van der Waals surface area contributed by atoms with Gasteiger partial charge in [-0.05, 0) is 43.0 Å². The third kappa shape index (κ3) is 4.45. The second kappa shape index (κ2) is 9.04. The number of para-hydroxylation sites is 2. The van der Waals surface area contributed by atoms with Crippen molar-refractivity contribution in [3.8, 4) is 5.75 Å². The number of fused-ring (bicyclic) bond motifs is 1. The van der Waals surface area contributed by atoms with Crippen LogP contribution in [0, 0.1) is 13.8 Å². The van der Waals surface area contributed by atoms with Gasteiger partial charge in [-0.3, -0.25) is 9.59 Å². The number of ether oxygens (including phenoxy) is 1. The molecule has 31 heavy (non-hydrogen) atoms. The summed E-state index contributed by atoms with van der Waals surface area (Å²) in [4.78, 5) is 28.3. The number of hydrogen-bond acceptors (Lipinski definition) is 3. The van der Waals surface area contributed by atoms with Gasteiger partial charge >= 0.3 is 0 Å². The van der Waals surface area contributed by atoms with Crippen molar-refractivity contribution in [2.75, 3.05) is 18.5 Å². The summed E-state index contributed by atoms with van der Waals surface area (Å²) >= 11 is 0. The molecule has 0 aliphatic carbocycles. The highest BCUT2D eigenvalue weighted by molar-refractivity contribution is 5.99. The predicted molar refractivity (Wildman–Crippen MR) is 121 cm³/mol. The Kier molecular flexibility index (Phi) is 6.03. The van der Waals surface area contributed by atoms with E-state index in [4.69, 9.17) is 4.74 Å². The van der Waals surface area contributed by atoms with Gasteiger partial charge in [-0.1, -0.05) is 66.7 Å². The van der Waals surface area contributed by atoms with E-state index in [2.05, 4.69) is 5.32 Å². The lowest BCUT2D eigenvalue weighted by atomic mass is 10.0. The van der Waals surface area contributed by atoms with Crippen LogP contribution in [-0.2, 0) is 16.0 Å². The monoisotopic (exact) mass is 414 g/mol. The molecule has 1 aliphatic rings. The van der Waals surface area contributed by atoms with E-state index < -0.39 is 6.04 Å². The first kappa shape index (κ1) is 20.7. The zero-order chi connectivity index (χ0) is 21.8. The van der Waals surface area contributed by atoms with Gasteiger partial charge in [0.15, 0.2) is 6.61 Å². The zero-order valence-corrected chi connectivity index (χ0v) is 17.8. The lowest BCUT2D eigenvalue weighted by Gasteiger charge is -2.29. The molecular formula is C26H26N2O3. The fraction of sp³-hybridized carbons (Fsp3) is 0.231. The molecule has 0 radical (unpaired) electrons. The van der Waals surface area contributed by atoms with Gasteiger partial charge in [0.05, 0.1) is 0 Å². The third-order valence-electron chi connectivity index (χ3n) is 5.66. The van der Waals surface area contributed by atoms with Crippen molar-refractivity contribution in [1.29, 1.82) is 0 Å². The Morgan fingerprint density at radius 1 is 0.968 bits per heavy atom. The Labute approximate surface area is 182 Å². The third-order valence-corrected chi connectivity index (χ3v) is 5.66. The predicted octanol–water partition coefficient (Wildman–Crippen LogP) is 4.45. The van der Waals surface area contributed by atoms with Gasteiger partial charge in [-0.2, -0.15) is 0 Å². The molecule has 0 aromatic heterocycles. The number of anilines is 1. The molecular weight excluding hydrogens is 388 g/mol. The van der Waals surface area contributed by atoms with Crippen LogP contribution in [0.4, 0.5) is 5.69 Å². The number of aryl methyl sites for hydroxylation is 2. The van der Waals surface area contributed by atoms with Crippen LogP contribution in [-0.4, -0.2) is 29.9 Å². The van der Waals surface area contributed by atoms with Crippen molar-refractivity contribution in [1.82, 2.24) is 4.90 Å². The molecule has 4 rings (SSSR count). The Bertz CT molecular complexity index is 1070. The molecule has 1 atom stereocenters. The van der Waals surface area contributed by atoms with E-state index in [0.717, 1.165) is 22.4 Å². The number of amides is 2. The molecule has 0 saturated heterocycles. The number of rotatable bonds is 5. The van der Waals surface area contributed by atoms with Gasteiger partial charge in [0, 0.05) is 17.8 Å². The summed E-state index contributed by atoms with van der Waals surface area (Å²) in [6.45, 7) is 4.26.